The second kappa shape index (κ2) is 9.78. The van der Waals surface area contributed by atoms with E-state index in [2.05, 4.69) is 51.9 Å². The molecule has 3 aromatic heterocycles. The summed E-state index contributed by atoms with van der Waals surface area (Å²) in [5.41, 5.74) is 4.64. The summed E-state index contributed by atoms with van der Waals surface area (Å²) in [6.07, 6.45) is 2.86. The minimum atomic E-state index is -0.485. The number of anilines is 1. The minimum Gasteiger partial charge on any atom is -0.482 e. The monoisotopic (exact) mass is 551 g/mol. The smallest absolute Gasteiger partial charge is 0.270 e. The maximum atomic E-state index is 13.5. The van der Waals surface area contributed by atoms with Gasteiger partial charge in [-0.1, -0.05) is 23.4 Å². The molecule has 15 nitrogen and oxygen atoms in total. The number of carbonyl (C=O) groups is 3. The molecule has 3 amide bonds. The SMILES string of the molecule is O=C1COc2ccc(CNC(=O)c3cc(C(=O)N[C@H]4CCc5cc(-c6nn[nH]n6)ccc54)n4nncc4n3)cc2N1. The maximum Gasteiger partial charge on any atom is 0.270 e. The molecule has 0 bridgehead atoms. The summed E-state index contributed by atoms with van der Waals surface area (Å²) in [5, 5.41) is 30.6. The second-order valence-electron chi connectivity index (χ2n) is 9.59. The number of benzene rings is 2. The van der Waals surface area contributed by atoms with Gasteiger partial charge < -0.3 is 20.7 Å². The zero-order valence-corrected chi connectivity index (χ0v) is 21.3. The molecule has 1 aliphatic heterocycles. The molecule has 2 aromatic carbocycles. The number of aryl methyl sites for hydroxylation is 1. The molecule has 1 aliphatic carbocycles. The molecule has 204 valence electrons. The Balaban J connectivity index is 1.08. The van der Waals surface area contributed by atoms with Crippen LogP contribution in [0.5, 0.6) is 5.75 Å². The zero-order valence-electron chi connectivity index (χ0n) is 21.3. The third-order valence-corrected chi connectivity index (χ3v) is 6.99. The van der Waals surface area contributed by atoms with Crippen molar-refractivity contribution < 1.29 is 19.1 Å². The Labute approximate surface area is 230 Å². The molecule has 0 saturated heterocycles. The van der Waals surface area contributed by atoms with Gasteiger partial charge in [0, 0.05) is 18.2 Å². The number of hydrogen-bond acceptors (Lipinski definition) is 10. The lowest BCUT2D eigenvalue weighted by Crippen LogP contribution is -2.30. The molecule has 0 radical (unpaired) electrons. The number of hydrogen-bond donors (Lipinski definition) is 4. The number of rotatable bonds is 6. The van der Waals surface area contributed by atoms with E-state index < -0.39 is 11.8 Å². The van der Waals surface area contributed by atoms with Crippen LogP contribution in [0.4, 0.5) is 5.69 Å². The van der Waals surface area contributed by atoms with Crippen LogP contribution in [-0.2, 0) is 17.8 Å². The standard InChI is InChI=1S/C26H21N11O4/c38-23-12-41-21-6-1-13(7-18(21)30-23)10-27-25(39)19-9-20(37-22(29-19)11-28-36-37)26(40)31-17-5-3-14-8-15(2-4-16(14)17)24-32-34-35-33-24/h1-2,4,6-9,11,17H,3,5,10,12H2,(H,27,39)(H,30,38)(H,31,40)(H,32,33,34,35)/t17-/m0/s1. The number of ether oxygens (including phenoxy) is 1. The van der Waals surface area contributed by atoms with Crippen molar-refractivity contribution in [3.05, 3.63) is 76.7 Å². The van der Waals surface area contributed by atoms with E-state index in [1.54, 1.807) is 18.2 Å². The molecule has 5 aromatic rings. The second-order valence-corrected chi connectivity index (χ2v) is 9.59. The van der Waals surface area contributed by atoms with Crippen LogP contribution in [-0.4, -0.2) is 64.8 Å². The van der Waals surface area contributed by atoms with Gasteiger partial charge in [-0.05, 0) is 52.9 Å². The Kier molecular flexibility index (Phi) is 5.80. The van der Waals surface area contributed by atoms with Crippen LogP contribution in [0, 0.1) is 0 Å². The third kappa shape index (κ3) is 4.58. The Bertz CT molecular complexity index is 1830. The number of fused-ring (bicyclic) bond motifs is 3. The van der Waals surface area contributed by atoms with Crippen molar-refractivity contribution in [3.63, 3.8) is 0 Å². The fourth-order valence-corrected chi connectivity index (χ4v) is 5.04. The number of nitrogens with zero attached hydrogens (tertiary/aromatic N) is 7. The summed E-state index contributed by atoms with van der Waals surface area (Å²) >= 11 is 0. The molecule has 0 spiro atoms. The molecule has 1 atom stereocenters. The molecule has 0 saturated carbocycles. The van der Waals surface area contributed by atoms with E-state index in [9.17, 15) is 14.4 Å². The lowest BCUT2D eigenvalue weighted by atomic mass is 10.0. The number of aromatic amines is 1. The summed E-state index contributed by atoms with van der Waals surface area (Å²) < 4.78 is 6.67. The largest absolute Gasteiger partial charge is 0.482 e. The molecule has 0 unspecified atom stereocenters. The Morgan fingerprint density at radius 2 is 2.05 bits per heavy atom. The maximum absolute atomic E-state index is 13.5. The molecule has 2 aliphatic rings. The van der Waals surface area contributed by atoms with Gasteiger partial charge in [0.1, 0.15) is 17.1 Å². The van der Waals surface area contributed by atoms with Gasteiger partial charge in [-0.3, -0.25) is 14.4 Å². The fourth-order valence-electron chi connectivity index (χ4n) is 5.04. The van der Waals surface area contributed by atoms with Crippen molar-refractivity contribution in [2.75, 3.05) is 11.9 Å². The molecular formula is C26H21N11O4. The first-order valence-corrected chi connectivity index (χ1v) is 12.7. The van der Waals surface area contributed by atoms with Crippen molar-refractivity contribution in [1.29, 1.82) is 0 Å². The molecule has 7 rings (SSSR count). The van der Waals surface area contributed by atoms with Crippen LogP contribution in [0.2, 0.25) is 0 Å². The first-order chi connectivity index (χ1) is 20.0. The van der Waals surface area contributed by atoms with Crippen molar-refractivity contribution in [2.45, 2.75) is 25.4 Å². The molecule has 0 fully saturated rings. The molecule has 15 heteroatoms. The number of nitrogens with one attached hydrogen (secondary N) is 4. The highest BCUT2D eigenvalue weighted by Gasteiger charge is 2.27. The molecule has 4 N–H and O–H groups in total. The first kappa shape index (κ1) is 24.3. The van der Waals surface area contributed by atoms with E-state index >= 15 is 0 Å². The zero-order chi connectivity index (χ0) is 27.9. The van der Waals surface area contributed by atoms with E-state index in [1.165, 1.54) is 16.8 Å². The topological polar surface area (TPSA) is 194 Å². The normalized spacial score (nSPS) is 15.5. The van der Waals surface area contributed by atoms with Crippen molar-refractivity contribution in [3.8, 4) is 17.1 Å². The van der Waals surface area contributed by atoms with Crippen LogP contribution in [0.25, 0.3) is 17.0 Å². The minimum absolute atomic E-state index is 0.0354. The summed E-state index contributed by atoms with van der Waals surface area (Å²) in [6, 6.07) is 12.3. The van der Waals surface area contributed by atoms with Crippen molar-refractivity contribution in [1.82, 2.24) is 51.1 Å². The van der Waals surface area contributed by atoms with E-state index in [0.29, 0.717) is 23.7 Å². The van der Waals surface area contributed by atoms with Crippen molar-refractivity contribution >= 4 is 29.1 Å². The van der Waals surface area contributed by atoms with Crippen LogP contribution >= 0.6 is 0 Å². The van der Waals surface area contributed by atoms with Gasteiger partial charge in [0.25, 0.3) is 17.7 Å². The summed E-state index contributed by atoms with van der Waals surface area (Å²) in [5.74, 6) is -0.0774. The van der Waals surface area contributed by atoms with Crippen LogP contribution < -0.4 is 20.7 Å². The van der Waals surface area contributed by atoms with Gasteiger partial charge in [0.05, 0.1) is 17.9 Å². The van der Waals surface area contributed by atoms with E-state index in [4.69, 9.17) is 4.74 Å². The highest BCUT2D eigenvalue weighted by molar-refractivity contribution is 5.98. The van der Waals surface area contributed by atoms with Gasteiger partial charge in [0.2, 0.25) is 5.82 Å². The van der Waals surface area contributed by atoms with Crippen LogP contribution in [0.1, 0.15) is 50.1 Å². The highest BCUT2D eigenvalue weighted by atomic mass is 16.5. The third-order valence-electron chi connectivity index (χ3n) is 6.99. The highest BCUT2D eigenvalue weighted by Crippen LogP contribution is 2.34. The van der Waals surface area contributed by atoms with Gasteiger partial charge in [-0.25, -0.2) is 4.98 Å². The van der Waals surface area contributed by atoms with Gasteiger partial charge in [-0.2, -0.15) is 9.73 Å². The average Bonchev–Trinajstić information content (AvgIpc) is 3.76. The van der Waals surface area contributed by atoms with Crippen molar-refractivity contribution in [2.24, 2.45) is 0 Å². The number of tetrazole rings is 1. The van der Waals surface area contributed by atoms with Crippen LogP contribution in [0.15, 0.2) is 48.7 Å². The Morgan fingerprint density at radius 1 is 1.12 bits per heavy atom. The Hall–Kier alpha value is -5.73. The van der Waals surface area contributed by atoms with E-state index in [-0.39, 0.29) is 42.1 Å². The predicted octanol–water partition coefficient (Wildman–Crippen LogP) is 0.983. The van der Waals surface area contributed by atoms with Gasteiger partial charge >= 0.3 is 0 Å². The van der Waals surface area contributed by atoms with E-state index in [1.807, 2.05) is 18.2 Å². The molecule has 4 heterocycles. The Morgan fingerprint density at radius 3 is 2.93 bits per heavy atom. The number of aromatic nitrogens is 8. The number of H-pyrrole nitrogens is 1. The van der Waals surface area contributed by atoms with Crippen LogP contribution in [0.3, 0.4) is 0 Å². The summed E-state index contributed by atoms with van der Waals surface area (Å²) in [4.78, 5) is 42.5. The first-order valence-electron chi connectivity index (χ1n) is 12.7. The number of carbonyl (C=O) groups excluding carboxylic acids is 3. The lowest BCUT2D eigenvalue weighted by molar-refractivity contribution is -0.118. The quantitative estimate of drug-likeness (QED) is 0.236. The predicted molar refractivity (Wildman–Crippen MR) is 141 cm³/mol. The summed E-state index contributed by atoms with van der Waals surface area (Å²) in [7, 11) is 0. The molecule has 41 heavy (non-hydrogen) atoms. The lowest BCUT2D eigenvalue weighted by Gasteiger charge is -2.18. The average molecular weight is 552 g/mol. The van der Waals surface area contributed by atoms with E-state index in [0.717, 1.165) is 28.7 Å². The number of amides is 3. The summed E-state index contributed by atoms with van der Waals surface area (Å²) in [6.45, 7) is 0.130. The van der Waals surface area contributed by atoms with Gasteiger partial charge in [-0.15, -0.1) is 15.3 Å². The molecular weight excluding hydrogens is 530 g/mol. The van der Waals surface area contributed by atoms with Gasteiger partial charge in [0.15, 0.2) is 12.3 Å². The fraction of sp³-hybridized carbons (Fsp3) is 0.192.